The molecular formula is C19H28ClN5O. The van der Waals surface area contributed by atoms with Crippen molar-refractivity contribution >= 4 is 17.2 Å². The molecule has 1 N–H and O–H groups in total. The average Bonchev–Trinajstić information content (AvgIpc) is 2.91. The fourth-order valence-electron chi connectivity index (χ4n) is 4.30. The molecule has 2 aromatic rings. The Bertz CT molecular complexity index is 771. The lowest BCUT2D eigenvalue weighted by molar-refractivity contribution is -0.0289. The van der Waals surface area contributed by atoms with Crippen LogP contribution in [0.5, 0.6) is 0 Å². The van der Waals surface area contributed by atoms with Crippen molar-refractivity contribution in [1.82, 2.24) is 24.1 Å². The van der Waals surface area contributed by atoms with E-state index >= 15 is 0 Å². The van der Waals surface area contributed by atoms with Crippen LogP contribution >= 0.6 is 11.6 Å². The summed E-state index contributed by atoms with van der Waals surface area (Å²) in [7, 11) is 2.17. The van der Waals surface area contributed by atoms with Crippen LogP contribution in [0.4, 0.5) is 0 Å². The third-order valence-corrected chi connectivity index (χ3v) is 6.12. The molecule has 2 atom stereocenters. The molecule has 2 saturated heterocycles. The number of piperazine rings is 1. The fourth-order valence-corrected chi connectivity index (χ4v) is 4.46. The Morgan fingerprint density at radius 1 is 1.19 bits per heavy atom. The van der Waals surface area contributed by atoms with Gasteiger partial charge in [0.05, 0.1) is 22.5 Å². The van der Waals surface area contributed by atoms with Gasteiger partial charge in [-0.3, -0.25) is 9.80 Å². The largest absolute Gasteiger partial charge is 0.390 e. The van der Waals surface area contributed by atoms with Gasteiger partial charge in [0.15, 0.2) is 0 Å². The predicted octanol–water partition coefficient (Wildman–Crippen LogP) is 1.48. The summed E-state index contributed by atoms with van der Waals surface area (Å²) >= 11 is 6.17. The topological polar surface area (TPSA) is 47.2 Å². The molecule has 0 saturated carbocycles. The number of aliphatic hydroxyl groups excluding tert-OH is 1. The van der Waals surface area contributed by atoms with E-state index in [0.717, 1.165) is 62.7 Å². The molecule has 2 aliphatic heterocycles. The highest BCUT2D eigenvalue weighted by Crippen LogP contribution is 2.22. The molecule has 0 amide bonds. The first-order valence-corrected chi connectivity index (χ1v) is 9.85. The number of pyridine rings is 1. The number of aromatic nitrogens is 2. The lowest BCUT2D eigenvalue weighted by Crippen LogP contribution is -2.58. The summed E-state index contributed by atoms with van der Waals surface area (Å²) in [6.45, 7) is 8.85. The molecule has 0 unspecified atom stereocenters. The number of likely N-dealkylation sites (tertiary alicyclic amines) is 1. The van der Waals surface area contributed by atoms with Gasteiger partial charge in [-0.25, -0.2) is 4.98 Å². The Labute approximate surface area is 160 Å². The summed E-state index contributed by atoms with van der Waals surface area (Å²) in [6.07, 6.45) is 2.65. The minimum atomic E-state index is -0.296. The van der Waals surface area contributed by atoms with Crippen molar-refractivity contribution in [3.63, 3.8) is 0 Å². The summed E-state index contributed by atoms with van der Waals surface area (Å²) in [5.41, 5.74) is 3.12. The van der Waals surface area contributed by atoms with Gasteiger partial charge >= 0.3 is 0 Å². The van der Waals surface area contributed by atoms with Crippen LogP contribution in [0.1, 0.15) is 17.8 Å². The zero-order valence-corrected chi connectivity index (χ0v) is 16.4. The molecule has 142 valence electrons. The molecule has 7 heteroatoms. The Kier molecular flexibility index (Phi) is 5.21. The molecule has 0 aromatic carbocycles. The molecule has 2 fully saturated rings. The van der Waals surface area contributed by atoms with Crippen LogP contribution in [0.25, 0.3) is 5.65 Å². The Hall–Kier alpha value is -1.18. The first-order chi connectivity index (χ1) is 12.5. The maximum absolute atomic E-state index is 10.8. The van der Waals surface area contributed by atoms with Gasteiger partial charge in [-0.2, -0.15) is 0 Å². The van der Waals surface area contributed by atoms with Crippen molar-refractivity contribution in [3.8, 4) is 0 Å². The van der Waals surface area contributed by atoms with Gasteiger partial charge in [-0.05, 0) is 32.5 Å². The number of β-amino-alcohol motifs (C(OH)–C–C–N with tert-alkyl or cyclic N) is 1. The molecule has 0 aliphatic carbocycles. The van der Waals surface area contributed by atoms with E-state index in [-0.39, 0.29) is 12.1 Å². The molecular weight excluding hydrogens is 350 g/mol. The van der Waals surface area contributed by atoms with Gasteiger partial charge in [0.25, 0.3) is 0 Å². The van der Waals surface area contributed by atoms with Crippen molar-refractivity contribution in [2.45, 2.75) is 32.0 Å². The summed E-state index contributed by atoms with van der Waals surface area (Å²) in [5, 5.41) is 11.5. The van der Waals surface area contributed by atoms with Crippen molar-refractivity contribution in [1.29, 1.82) is 0 Å². The first kappa shape index (κ1) is 18.2. The van der Waals surface area contributed by atoms with E-state index in [9.17, 15) is 5.11 Å². The quantitative estimate of drug-likeness (QED) is 0.878. The number of hydrogen-bond acceptors (Lipinski definition) is 5. The minimum absolute atomic E-state index is 0.290. The number of halogens is 1. The zero-order chi connectivity index (χ0) is 18.3. The molecule has 0 spiro atoms. The molecule has 6 nitrogen and oxygen atoms in total. The van der Waals surface area contributed by atoms with E-state index < -0.39 is 0 Å². The third-order valence-electron chi connectivity index (χ3n) is 5.89. The van der Waals surface area contributed by atoms with Crippen LogP contribution in [-0.2, 0) is 6.54 Å². The average molecular weight is 378 g/mol. The Morgan fingerprint density at radius 3 is 2.69 bits per heavy atom. The molecule has 0 bridgehead atoms. The highest BCUT2D eigenvalue weighted by molar-refractivity contribution is 6.30. The van der Waals surface area contributed by atoms with Gasteiger partial charge in [-0.1, -0.05) is 11.6 Å². The van der Waals surface area contributed by atoms with Gasteiger partial charge in [0.2, 0.25) is 0 Å². The van der Waals surface area contributed by atoms with Crippen LogP contribution < -0.4 is 0 Å². The van der Waals surface area contributed by atoms with E-state index in [4.69, 9.17) is 11.6 Å². The van der Waals surface area contributed by atoms with Crippen LogP contribution in [0, 0.1) is 6.92 Å². The molecule has 2 aliphatic rings. The first-order valence-electron chi connectivity index (χ1n) is 9.47. The molecule has 26 heavy (non-hydrogen) atoms. The summed E-state index contributed by atoms with van der Waals surface area (Å²) < 4.78 is 2.08. The van der Waals surface area contributed by atoms with E-state index in [2.05, 4.69) is 31.1 Å². The lowest BCUT2D eigenvalue weighted by atomic mass is 9.99. The second-order valence-electron chi connectivity index (χ2n) is 7.72. The van der Waals surface area contributed by atoms with E-state index in [1.165, 1.54) is 0 Å². The number of piperidine rings is 1. The van der Waals surface area contributed by atoms with Crippen molar-refractivity contribution in [2.75, 3.05) is 46.3 Å². The normalized spacial score (nSPS) is 26.6. The van der Waals surface area contributed by atoms with E-state index in [1.807, 2.05) is 25.3 Å². The number of hydrogen-bond donors (Lipinski definition) is 1. The molecule has 2 aromatic heterocycles. The molecule has 4 rings (SSSR count). The molecule has 4 heterocycles. The number of aliphatic hydroxyl groups is 1. The number of likely N-dealkylation sites (N-methyl/N-ethyl adjacent to an activating group) is 1. The van der Waals surface area contributed by atoms with Gasteiger partial charge in [0.1, 0.15) is 5.65 Å². The number of fused-ring (bicyclic) bond motifs is 1. The fraction of sp³-hybridized carbons (Fsp3) is 0.632. The van der Waals surface area contributed by atoms with Gasteiger partial charge in [-0.15, -0.1) is 0 Å². The van der Waals surface area contributed by atoms with Crippen molar-refractivity contribution < 1.29 is 5.11 Å². The maximum Gasteiger partial charge on any atom is 0.137 e. The van der Waals surface area contributed by atoms with Crippen LogP contribution in [0.2, 0.25) is 5.02 Å². The van der Waals surface area contributed by atoms with Crippen LogP contribution in [-0.4, -0.2) is 87.7 Å². The van der Waals surface area contributed by atoms with Crippen molar-refractivity contribution in [2.24, 2.45) is 0 Å². The Morgan fingerprint density at radius 2 is 1.96 bits per heavy atom. The number of rotatable bonds is 3. The van der Waals surface area contributed by atoms with Gasteiger partial charge in [0, 0.05) is 58.1 Å². The second-order valence-corrected chi connectivity index (χ2v) is 8.15. The molecule has 0 radical (unpaired) electrons. The Balaban J connectivity index is 1.43. The second kappa shape index (κ2) is 7.44. The zero-order valence-electron chi connectivity index (χ0n) is 15.6. The van der Waals surface area contributed by atoms with Gasteiger partial charge < -0.3 is 14.4 Å². The third kappa shape index (κ3) is 3.62. The number of nitrogens with zero attached hydrogens (tertiary/aromatic N) is 5. The minimum Gasteiger partial charge on any atom is -0.390 e. The van der Waals surface area contributed by atoms with Crippen LogP contribution in [0.15, 0.2) is 18.3 Å². The monoisotopic (exact) mass is 377 g/mol. The smallest absolute Gasteiger partial charge is 0.137 e. The summed E-state index contributed by atoms with van der Waals surface area (Å²) in [4.78, 5) is 11.8. The summed E-state index contributed by atoms with van der Waals surface area (Å²) in [5.74, 6) is 0. The lowest BCUT2D eigenvalue weighted by Gasteiger charge is -2.44. The summed E-state index contributed by atoms with van der Waals surface area (Å²) in [6, 6.07) is 4.11. The predicted molar refractivity (Wildman–Crippen MR) is 104 cm³/mol. The highest BCUT2D eigenvalue weighted by Gasteiger charge is 2.33. The van der Waals surface area contributed by atoms with Crippen LogP contribution in [0.3, 0.4) is 0 Å². The SMILES string of the molecule is Cc1nc2ccc(Cl)cn2c1CN1CC[C@@H](N2CCN(C)CC2)[C@H](O)C1. The maximum atomic E-state index is 10.8. The van der Waals surface area contributed by atoms with Crippen molar-refractivity contribution in [3.05, 3.63) is 34.7 Å². The standard InChI is InChI=1S/C19H28ClN5O/c1-14-17(25-11-15(20)3-4-19(25)21-14)12-23-6-5-16(18(26)13-23)24-9-7-22(2)8-10-24/h3-4,11,16,18,26H,5-10,12-13H2,1-2H3/t16-,18-/m1/s1. The number of imidazole rings is 1. The number of aryl methyl sites for hydroxylation is 1. The van der Waals surface area contributed by atoms with E-state index in [0.29, 0.717) is 11.6 Å². The highest BCUT2D eigenvalue weighted by atomic mass is 35.5. The van der Waals surface area contributed by atoms with E-state index in [1.54, 1.807) is 0 Å².